The molecule has 0 aliphatic carbocycles. The topological polar surface area (TPSA) is 13.1 Å². The average Bonchev–Trinajstić information content (AvgIpc) is 3.52. The minimum absolute atomic E-state index is 0.911. The molecule has 1 heterocycles. The zero-order chi connectivity index (χ0) is 30.9. The second kappa shape index (κ2) is 10.2. The Labute approximate surface area is 271 Å². The van der Waals surface area contributed by atoms with Gasteiger partial charge in [0, 0.05) is 10.8 Å². The molecule has 0 aliphatic rings. The highest BCUT2D eigenvalue weighted by atomic mass is 16.3. The fraction of sp³-hybridized carbons (Fsp3) is 0. The standard InChI is InChI=1S/C46H28O/c1-3-16-32-29(13-1)15-11-23-34(32)45-37-20-7-5-18-35(37)44(36-19-6-8-21-38(36)45)31-27-30-14-2-4-17-33(30)41(28-31)39-24-12-26-43-46(39)40-22-9-10-25-42(40)47-43/h1-28H. The summed E-state index contributed by atoms with van der Waals surface area (Å²) in [6.45, 7) is 0. The van der Waals surface area contributed by atoms with Gasteiger partial charge in [0.05, 0.1) is 0 Å². The second-order valence-electron chi connectivity index (χ2n) is 12.4. The highest BCUT2D eigenvalue weighted by molar-refractivity contribution is 6.24. The first-order valence-corrected chi connectivity index (χ1v) is 16.2. The molecule has 0 saturated carbocycles. The van der Waals surface area contributed by atoms with Gasteiger partial charge in [0.1, 0.15) is 11.2 Å². The lowest BCUT2D eigenvalue weighted by atomic mass is 9.83. The SMILES string of the molecule is c1ccc2c(-c3c4ccccc4c(-c4cc(-c5cccc6oc7ccccc7c56)c5ccccc5c4)c4ccccc34)cccc2c1. The summed E-state index contributed by atoms with van der Waals surface area (Å²) in [5, 5.41) is 12.3. The van der Waals surface area contributed by atoms with Crippen molar-refractivity contribution in [2.24, 2.45) is 0 Å². The van der Waals surface area contributed by atoms with Crippen LogP contribution in [0.5, 0.6) is 0 Å². The van der Waals surface area contributed by atoms with Crippen molar-refractivity contribution in [3.8, 4) is 33.4 Å². The van der Waals surface area contributed by atoms with E-state index >= 15 is 0 Å². The summed E-state index contributed by atoms with van der Waals surface area (Å²) < 4.78 is 6.34. The van der Waals surface area contributed by atoms with Crippen LogP contribution in [0.3, 0.4) is 0 Å². The van der Waals surface area contributed by atoms with Crippen LogP contribution in [0.25, 0.3) is 98.4 Å². The first kappa shape index (κ1) is 26.1. The van der Waals surface area contributed by atoms with E-state index in [0.29, 0.717) is 0 Å². The number of rotatable bonds is 3. The maximum Gasteiger partial charge on any atom is 0.136 e. The molecule has 9 aromatic carbocycles. The third kappa shape index (κ3) is 3.90. The van der Waals surface area contributed by atoms with E-state index in [2.05, 4.69) is 164 Å². The van der Waals surface area contributed by atoms with Gasteiger partial charge in [0.15, 0.2) is 0 Å². The lowest BCUT2D eigenvalue weighted by Gasteiger charge is -2.20. The molecule has 218 valence electrons. The van der Waals surface area contributed by atoms with E-state index < -0.39 is 0 Å². The van der Waals surface area contributed by atoms with Gasteiger partial charge in [-0.05, 0) is 101 Å². The van der Waals surface area contributed by atoms with Gasteiger partial charge < -0.3 is 4.42 Å². The maximum absolute atomic E-state index is 6.34. The minimum atomic E-state index is 0.911. The molecule has 10 rings (SSSR count). The largest absolute Gasteiger partial charge is 0.456 e. The van der Waals surface area contributed by atoms with Crippen LogP contribution in [-0.2, 0) is 0 Å². The van der Waals surface area contributed by atoms with Crippen molar-refractivity contribution in [3.05, 3.63) is 170 Å². The number of para-hydroxylation sites is 1. The Morgan fingerprint density at radius 2 is 0.787 bits per heavy atom. The molecule has 0 fully saturated rings. The van der Waals surface area contributed by atoms with Crippen molar-refractivity contribution in [1.29, 1.82) is 0 Å². The van der Waals surface area contributed by atoms with E-state index in [1.165, 1.54) is 76.5 Å². The summed E-state index contributed by atoms with van der Waals surface area (Å²) in [6.07, 6.45) is 0. The Morgan fingerprint density at radius 3 is 1.51 bits per heavy atom. The van der Waals surface area contributed by atoms with Gasteiger partial charge in [-0.25, -0.2) is 0 Å². The number of fused-ring (bicyclic) bond motifs is 7. The van der Waals surface area contributed by atoms with Crippen molar-refractivity contribution in [2.75, 3.05) is 0 Å². The van der Waals surface area contributed by atoms with Crippen LogP contribution in [0.15, 0.2) is 174 Å². The Morgan fingerprint density at radius 1 is 0.298 bits per heavy atom. The fourth-order valence-corrected chi connectivity index (χ4v) is 7.85. The van der Waals surface area contributed by atoms with E-state index in [9.17, 15) is 0 Å². The molecule has 1 heteroatoms. The molecular weight excluding hydrogens is 569 g/mol. The molecular formula is C46H28O. The Kier molecular flexibility index (Phi) is 5.64. The number of furan rings is 1. The van der Waals surface area contributed by atoms with Crippen molar-refractivity contribution in [2.45, 2.75) is 0 Å². The summed E-state index contributed by atoms with van der Waals surface area (Å²) in [5.74, 6) is 0. The normalized spacial score (nSPS) is 11.8. The lowest BCUT2D eigenvalue weighted by Crippen LogP contribution is -1.92. The molecule has 47 heavy (non-hydrogen) atoms. The van der Waals surface area contributed by atoms with E-state index in [1.807, 2.05) is 6.07 Å². The van der Waals surface area contributed by atoms with E-state index in [4.69, 9.17) is 4.42 Å². The zero-order valence-corrected chi connectivity index (χ0v) is 25.6. The van der Waals surface area contributed by atoms with Crippen LogP contribution in [0.4, 0.5) is 0 Å². The van der Waals surface area contributed by atoms with Crippen molar-refractivity contribution >= 4 is 65.0 Å². The molecule has 0 radical (unpaired) electrons. The van der Waals surface area contributed by atoms with Gasteiger partial charge in [-0.1, -0.05) is 146 Å². The summed E-state index contributed by atoms with van der Waals surface area (Å²) in [7, 11) is 0. The van der Waals surface area contributed by atoms with E-state index in [1.54, 1.807) is 0 Å². The Balaban J connectivity index is 1.34. The molecule has 0 aliphatic heterocycles. The summed E-state index contributed by atoms with van der Waals surface area (Å²) >= 11 is 0. The predicted molar refractivity (Wildman–Crippen MR) is 200 cm³/mol. The van der Waals surface area contributed by atoms with E-state index in [-0.39, 0.29) is 0 Å². The van der Waals surface area contributed by atoms with Crippen LogP contribution in [0.1, 0.15) is 0 Å². The Hall–Kier alpha value is -6.18. The van der Waals surface area contributed by atoms with Gasteiger partial charge in [-0.2, -0.15) is 0 Å². The highest BCUT2D eigenvalue weighted by Gasteiger charge is 2.20. The third-order valence-corrected chi connectivity index (χ3v) is 9.83. The fourth-order valence-electron chi connectivity index (χ4n) is 7.85. The first-order chi connectivity index (χ1) is 23.3. The molecule has 0 bridgehead atoms. The monoisotopic (exact) mass is 596 g/mol. The van der Waals surface area contributed by atoms with Crippen LogP contribution in [0, 0.1) is 0 Å². The summed E-state index contributed by atoms with van der Waals surface area (Å²) in [4.78, 5) is 0. The number of hydrogen-bond donors (Lipinski definition) is 0. The molecule has 10 aromatic rings. The quantitative estimate of drug-likeness (QED) is 0.185. The Bertz CT molecular complexity index is 2790. The maximum atomic E-state index is 6.34. The molecule has 0 saturated heterocycles. The average molecular weight is 597 g/mol. The molecule has 0 unspecified atom stereocenters. The van der Waals surface area contributed by atoms with Crippen LogP contribution in [-0.4, -0.2) is 0 Å². The van der Waals surface area contributed by atoms with Gasteiger partial charge in [0.2, 0.25) is 0 Å². The van der Waals surface area contributed by atoms with Crippen LogP contribution >= 0.6 is 0 Å². The third-order valence-electron chi connectivity index (χ3n) is 9.83. The van der Waals surface area contributed by atoms with E-state index in [0.717, 1.165) is 21.9 Å². The van der Waals surface area contributed by atoms with Crippen molar-refractivity contribution in [3.63, 3.8) is 0 Å². The van der Waals surface area contributed by atoms with Crippen molar-refractivity contribution in [1.82, 2.24) is 0 Å². The number of hydrogen-bond acceptors (Lipinski definition) is 1. The van der Waals surface area contributed by atoms with Crippen LogP contribution < -0.4 is 0 Å². The molecule has 0 spiro atoms. The number of benzene rings is 9. The summed E-state index contributed by atoms with van der Waals surface area (Å²) in [6, 6.07) is 61.6. The predicted octanol–water partition coefficient (Wildman–Crippen LogP) is 13.2. The minimum Gasteiger partial charge on any atom is -0.456 e. The second-order valence-corrected chi connectivity index (χ2v) is 12.4. The zero-order valence-electron chi connectivity index (χ0n) is 25.6. The smallest absolute Gasteiger partial charge is 0.136 e. The van der Waals surface area contributed by atoms with Gasteiger partial charge in [-0.3, -0.25) is 0 Å². The molecule has 1 nitrogen and oxygen atoms in total. The van der Waals surface area contributed by atoms with Gasteiger partial charge >= 0.3 is 0 Å². The summed E-state index contributed by atoms with van der Waals surface area (Å²) in [5.41, 5.74) is 9.24. The molecule has 0 atom stereocenters. The highest BCUT2D eigenvalue weighted by Crippen LogP contribution is 2.47. The van der Waals surface area contributed by atoms with Crippen LogP contribution in [0.2, 0.25) is 0 Å². The lowest BCUT2D eigenvalue weighted by molar-refractivity contribution is 0.669. The van der Waals surface area contributed by atoms with Gasteiger partial charge in [0.25, 0.3) is 0 Å². The van der Waals surface area contributed by atoms with Crippen molar-refractivity contribution < 1.29 is 4.42 Å². The molecule has 0 amide bonds. The molecule has 0 N–H and O–H groups in total. The van der Waals surface area contributed by atoms with Gasteiger partial charge in [-0.15, -0.1) is 0 Å². The molecule has 1 aromatic heterocycles. The first-order valence-electron chi connectivity index (χ1n) is 16.2.